The lowest BCUT2D eigenvalue weighted by molar-refractivity contribution is -0.141. The molecule has 0 saturated heterocycles. The van der Waals surface area contributed by atoms with Gasteiger partial charge in [-0.05, 0) is 33.2 Å². The van der Waals surface area contributed by atoms with Crippen LogP contribution in [0.2, 0.25) is 0 Å². The number of unbranched alkanes of at least 4 members (excludes halogenated alkanes) is 2. The van der Waals surface area contributed by atoms with Crippen molar-refractivity contribution in [3.63, 3.8) is 0 Å². The lowest BCUT2D eigenvalue weighted by atomic mass is 9.77. The van der Waals surface area contributed by atoms with Crippen molar-refractivity contribution in [1.82, 2.24) is 4.90 Å². The number of aliphatic carboxylic acids is 1. The molecule has 1 atom stereocenters. The fourth-order valence-corrected chi connectivity index (χ4v) is 3.50. The molecule has 1 fully saturated rings. The summed E-state index contributed by atoms with van der Waals surface area (Å²) in [7, 11) is 2.14. The maximum atomic E-state index is 11.2. The van der Waals surface area contributed by atoms with Crippen molar-refractivity contribution >= 4 is 5.97 Å². The smallest absolute Gasteiger partial charge is 0.305 e. The SMILES string of the molecule is CCCCCC(C)N(C)C1(CC(=O)O)CCCCC1. The fraction of sp³-hybridized carbons (Fsp3) is 0.938. The minimum absolute atomic E-state index is 0.0876. The molecular formula is C16H31NO2. The third-order valence-corrected chi connectivity index (χ3v) is 4.90. The van der Waals surface area contributed by atoms with Crippen molar-refractivity contribution in [2.45, 2.75) is 89.6 Å². The van der Waals surface area contributed by atoms with E-state index in [1.807, 2.05) is 0 Å². The molecule has 1 rings (SSSR count). The van der Waals surface area contributed by atoms with Crippen LogP contribution >= 0.6 is 0 Å². The molecule has 0 radical (unpaired) electrons. The van der Waals surface area contributed by atoms with Gasteiger partial charge in [0, 0.05) is 11.6 Å². The van der Waals surface area contributed by atoms with Gasteiger partial charge < -0.3 is 5.11 Å². The number of rotatable bonds is 8. The molecule has 1 N–H and O–H groups in total. The lowest BCUT2D eigenvalue weighted by Gasteiger charge is -2.47. The number of carbonyl (C=O) groups is 1. The Morgan fingerprint density at radius 3 is 2.42 bits per heavy atom. The molecular weight excluding hydrogens is 238 g/mol. The van der Waals surface area contributed by atoms with E-state index in [0.717, 1.165) is 12.8 Å². The van der Waals surface area contributed by atoms with Crippen LogP contribution in [0.4, 0.5) is 0 Å². The highest BCUT2D eigenvalue weighted by molar-refractivity contribution is 5.68. The molecule has 0 aromatic rings. The normalized spacial score (nSPS) is 20.4. The minimum Gasteiger partial charge on any atom is -0.481 e. The van der Waals surface area contributed by atoms with Gasteiger partial charge in [-0.25, -0.2) is 0 Å². The summed E-state index contributed by atoms with van der Waals surface area (Å²) in [6, 6.07) is 0.490. The summed E-state index contributed by atoms with van der Waals surface area (Å²) in [4.78, 5) is 13.6. The van der Waals surface area contributed by atoms with Gasteiger partial charge in [0.15, 0.2) is 0 Å². The molecule has 112 valence electrons. The molecule has 1 aliphatic rings. The first kappa shape index (κ1) is 16.5. The van der Waals surface area contributed by atoms with Crippen molar-refractivity contribution in [3.8, 4) is 0 Å². The summed E-state index contributed by atoms with van der Waals surface area (Å²) < 4.78 is 0. The van der Waals surface area contributed by atoms with Gasteiger partial charge in [0.05, 0.1) is 6.42 Å². The Hall–Kier alpha value is -0.570. The molecule has 1 saturated carbocycles. The van der Waals surface area contributed by atoms with E-state index in [2.05, 4.69) is 25.8 Å². The average Bonchev–Trinajstić information content (AvgIpc) is 2.38. The highest BCUT2D eigenvalue weighted by Gasteiger charge is 2.39. The predicted molar refractivity (Wildman–Crippen MR) is 79.4 cm³/mol. The van der Waals surface area contributed by atoms with Gasteiger partial charge >= 0.3 is 5.97 Å². The summed E-state index contributed by atoms with van der Waals surface area (Å²) in [5, 5.41) is 9.25. The zero-order chi connectivity index (χ0) is 14.3. The number of nitrogens with zero attached hydrogens (tertiary/aromatic N) is 1. The van der Waals surface area contributed by atoms with Crippen LogP contribution < -0.4 is 0 Å². The Labute approximate surface area is 118 Å². The average molecular weight is 269 g/mol. The zero-order valence-electron chi connectivity index (χ0n) is 13.0. The monoisotopic (exact) mass is 269 g/mol. The second kappa shape index (κ2) is 7.88. The number of hydrogen-bond donors (Lipinski definition) is 1. The number of carboxylic acids is 1. The molecule has 0 aliphatic heterocycles. The van der Waals surface area contributed by atoms with Gasteiger partial charge in [0.1, 0.15) is 0 Å². The first-order valence-corrected chi connectivity index (χ1v) is 7.96. The molecule has 1 aliphatic carbocycles. The molecule has 0 aromatic heterocycles. The van der Waals surface area contributed by atoms with Gasteiger partial charge in [-0.2, -0.15) is 0 Å². The van der Waals surface area contributed by atoms with Gasteiger partial charge in [-0.1, -0.05) is 45.4 Å². The van der Waals surface area contributed by atoms with Crippen molar-refractivity contribution in [1.29, 1.82) is 0 Å². The summed E-state index contributed by atoms with van der Waals surface area (Å²) in [5.41, 5.74) is -0.0876. The van der Waals surface area contributed by atoms with Crippen LogP contribution in [0.1, 0.15) is 78.1 Å². The van der Waals surface area contributed by atoms with E-state index in [9.17, 15) is 9.90 Å². The Bertz CT molecular complexity index is 272. The maximum Gasteiger partial charge on any atom is 0.305 e. The Morgan fingerprint density at radius 2 is 1.89 bits per heavy atom. The first-order valence-electron chi connectivity index (χ1n) is 7.96. The summed E-state index contributed by atoms with van der Waals surface area (Å²) >= 11 is 0. The molecule has 0 heterocycles. The van der Waals surface area contributed by atoms with E-state index in [-0.39, 0.29) is 5.54 Å². The van der Waals surface area contributed by atoms with Crippen molar-refractivity contribution in [3.05, 3.63) is 0 Å². The largest absolute Gasteiger partial charge is 0.481 e. The van der Waals surface area contributed by atoms with Gasteiger partial charge in [0.2, 0.25) is 0 Å². The van der Waals surface area contributed by atoms with Gasteiger partial charge in [-0.3, -0.25) is 9.69 Å². The molecule has 3 heteroatoms. The first-order chi connectivity index (χ1) is 9.02. The standard InChI is InChI=1S/C16H31NO2/c1-4-5-7-10-14(2)17(3)16(13-15(18)19)11-8-6-9-12-16/h14H,4-13H2,1-3H3,(H,18,19). The molecule has 3 nitrogen and oxygen atoms in total. The van der Waals surface area contributed by atoms with Crippen LogP contribution in [-0.4, -0.2) is 34.6 Å². The highest BCUT2D eigenvalue weighted by Crippen LogP contribution is 2.37. The van der Waals surface area contributed by atoms with Crippen LogP contribution in [-0.2, 0) is 4.79 Å². The molecule has 0 aromatic carbocycles. The lowest BCUT2D eigenvalue weighted by Crippen LogP contribution is -2.53. The van der Waals surface area contributed by atoms with E-state index < -0.39 is 5.97 Å². The van der Waals surface area contributed by atoms with E-state index in [4.69, 9.17) is 0 Å². The van der Waals surface area contributed by atoms with E-state index in [1.54, 1.807) is 0 Å². The van der Waals surface area contributed by atoms with E-state index in [1.165, 1.54) is 44.9 Å². The highest BCUT2D eigenvalue weighted by atomic mass is 16.4. The second-order valence-electron chi connectivity index (χ2n) is 6.31. The zero-order valence-corrected chi connectivity index (χ0v) is 13.0. The van der Waals surface area contributed by atoms with Gasteiger partial charge in [-0.15, -0.1) is 0 Å². The number of hydrogen-bond acceptors (Lipinski definition) is 2. The topological polar surface area (TPSA) is 40.5 Å². The van der Waals surface area contributed by atoms with Crippen LogP contribution in [0.15, 0.2) is 0 Å². The Balaban J connectivity index is 2.64. The third kappa shape index (κ3) is 4.79. The van der Waals surface area contributed by atoms with Crippen LogP contribution in [0.25, 0.3) is 0 Å². The number of carboxylic acid groups (broad SMARTS) is 1. The summed E-state index contributed by atoms with van der Waals surface area (Å²) in [6.45, 7) is 4.48. The molecule has 0 amide bonds. The molecule has 1 unspecified atom stereocenters. The van der Waals surface area contributed by atoms with E-state index in [0.29, 0.717) is 12.5 Å². The Morgan fingerprint density at radius 1 is 1.26 bits per heavy atom. The van der Waals surface area contributed by atoms with Crippen molar-refractivity contribution in [2.24, 2.45) is 0 Å². The third-order valence-electron chi connectivity index (χ3n) is 4.90. The Kier molecular flexibility index (Phi) is 6.84. The summed E-state index contributed by atoms with van der Waals surface area (Å²) in [6.07, 6.45) is 11.0. The minimum atomic E-state index is -0.644. The van der Waals surface area contributed by atoms with Crippen LogP contribution in [0.5, 0.6) is 0 Å². The van der Waals surface area contributed by atoms with Crippen molar-refractivity contribution in [2.75, 3.05) is 7.05 Å². The fourth-order valence-electron chi connectivity index (χ4n) is 3.50. The van der Waals surface area contributed by atoms with Crippen molar-refractivity contribution < 1.29 is 9.90 Å². The maximum absolute atomic E-state index is 11.2. The summed E-state index contributed by atoms with van der Waals surface area (Å²) in [5.74, 6) is -0.644. The molecule has 0 spiro atoms. The van der Waals surface area contributed by atoms with Gasteiger partial charge in [0.25, 0.3) is 0 Å². The molecule has 19 heavy (non-hydrogen) atoms. The predicted octanol–water partition coefficient (Wildman–Crippen LogP) is 4.06. The quantitative estimate of drug-likeness (QED) is 0.675. The van der Waals surface area contributed by atoms with Crippen LogP contribution in [0, 0.1) is 0 Å². The van der Waals surface area contributed by atoms with E-state index >= 15 is 0 Å². The second-order valence-corrected chi connectivity index (χ2v) is 6.31. The van der Waals surface area contributed by atoms with Crippen LogP contribution in [0.3, 0.4) is 0 Å². The molecule has 0 bridgehead atoms.